The minimum absolute atomic E-state index is 1.09. The molecule has 0 aliphatic rings. The predicted octanol–water partition coefficient (Wildman–Crippen LogP) is -0.158. The Balaban J connectivity index is 3.64. The molecule has 2 N–H and O–H groups in total. The van der Waals surface area contributed by atoms with E-state index in [1.54, 1.807) is 0 Å². The predicted molar refractivity (Wildman–Crippen MR) is 23.9 cm³/mol. The van der Waals surface area contributed by atoms with Crippen LogP contribution in [0.3, 0.4) is 0 Å². The van der Waals surface area contributed by atoms with E-state index in [2.05, 4.69) is 0 Å². The van der Waals surface area contributed by atoms with Crippen LogP contribution in [-0.2, 0) is 4.79 Å². The summed E-state index contributed by atoms with van der Waals surface area (Å²) in [5.41, 5.74) is 0. The maximum atomic E-state index is 9.79. The molecular formula is C4H8O3. The van der Waals surface area contributed by atoms with Gasteiger partial charge in [-0.25, -0.2) is 0 Å². The molecule has 2 unspecified atom stereocenters. The van der Waals surface area contributed by atoms with Crippen molar-refractivity contribution in [3.8, 4) is 0 Å². The number of aliphatic hydroxyl groups excluding tert-OH is 1. The molecule has 0 aliphatic carbocycles. The Morgan fingerprint density at radius 1 is 2.14 bits per heavy atom. The molecule has 42 valence electrons. The number of aliphatic hydroxyl groups is 1. The molecule has 0 saturated heterocycles. The fourth-order valence-corrected chi connectivity index (χ4v) is 0.206. The Kier molecular flexibility index (Phi) is 1.69. The first kappa shape index (κ1) is 4.59. The van der Waals surface area contributed by atoms with Gasteiger partial charge in [-0.05, 0) is 6.92 Å². The van der Waals surface area contributed by atoms with Gasteiger partial charge in [0.2, 0.25) is 0 Å². The molecular weight excluding hydrogens is 96.0 g/mol. The molecule has 0 amide bonds. The van der Waals surface area contributed by atoms with E-state index < -0.39 is 18.5 Å². The van der Waals surface area contributed by atoms with E-state index >= 15 is 0 Å². The van der Waals surface area contributed by atoms with Gasteiger partial charge in [0, 0.05) is 1.37 Å². The summed E-state index contributed by atoms with van der Waals surface area (Å²) in [6, 6.07) is 0. The third-order valence-electron chi connectivity index (χ3n) is 0.384. The second-order valence-corrected chi connectivity index (χ2v) is 1.25. The lowest BCUT2D eigenvalue weighted by Crippen LogP contribution is -2.07. The number of carbonyl (C=O) groups is 1. The minimum atomic E-state index is -1.41. The summed E-state index contributed by atoms with van der Waals surface area (Å²) in [6.07, 6.45) is -2.50. The Labute approximate surface area is 43.0 Å². The molecule has 0 aromatic rings. The molecule has 3 nitrogen and oxygen atoms in total. The van der Waals surface area contributed by atoms with Gasteiger partial charge in [0.05, 0.1) is 12.5 Å². The third-order valence-corrected chi connectivity index (χ3v) is 0.384. The molecule has 0 fully saturated rings. The average Bonchev–Trinajstić information content (AvgIpc) is 1.64. The highest BCUT2D eigenvalue weighted by molar-refractivity contribution is 5.67. The van der Waals surface area contributed by atoms with Crippen LogP contribution in [0.2, 0.25) is 0 Å². The molecule has 0 heterocycles. The Morgan fingerprint density at radius 3 is 2.57 bits per heavy atom. The van der Waals surface area contributed by atoms with Crippen LogP contribution in [-0.4, -0.2) is 22.3 Å². The van der Waals surface area contributed by atoms with Crippen LogP contribution in [0.25, 0.3) is 0 Å². The van der Waals surface area contributed by atoms with E-state index in [0.29, 0.717) is 0 Å². The summed E-state index contributed by atoms with van der Waals surface area (Å²) in [7, 11) is 0. The smallest absolute Gasteiger partial charge is 0.305 e. The normalized spacial score (nSPS) is 20.0. The monoisotopic (exact) mass is 106 g/mol. The van der Waals surface area contributed by atoms with Gasteiger partial charge in [-0.3, -0.25) is 4.79 Å². The van der Waals surface area contributed by atoms with E-state index in [9.17, 15) is 4.79 Å². The Bertz CT molecular complexity index is 91.3. The van der Waals surface area contributed by atoms with Crippen LogP contribution in [0.4, 0.5) is 0 Å². The maximum Gasteiger partial charge on any atom is 0.305 e. The van der Waals surface area contributed by atoms with E-state index in [1.807, 2.05) is 0 Å². The SMILES string of the molecule is [3H]C(C(=O)O)C(C)O. The van der Waals surface area contributed by atoms with Gasteiger partial charge >= 0.3 is 5.97 Å². The number of carboxylic acids is 1. The van der Waals surface area contributed by atoms with E-state index in [-0.39, 0.29) is 0 Å². The molecule has 0 aromatic carbocycles. The second-order valence-electron chi connectivity index (χ2n) is 1.25. The molecule has 3 heteroatoms. The molecule has 0 saturated carbocycles. The van der Waals surface area contributed by atoms with Crippen molar-refractivity contribution in [2.45, 2.75) is 19.4 Å². The third kappa shape index (κ3) is 5.43. The summed E-state index contributed by atoms with van der Waals surface area (Å²) in [6.45, 7) is 1.27. The first-order valence-electron chi connectivity index (χ1n) is 2.46. The van der Waals surface area contributed by atoms with E-state index in [4.69, 9.17) is 11.6 Å². The zero-order valence-electron chi connectivity index (χ0n) is 4.96. The fourth-order valence-electron chi connectivity index (χ4n) is 0.206. The van der Waals surface area contributed by atoms with Crippen molar-refractivity contribution >= 4 is 5.97 Å². The second kappa shape index (κ2) is 2.58. The molecule has 0 radical (unpaired) electrons. The van der Waals surface area contributed by atoms with Crippen molar-refractivity contribution in [3.63, 3.8) is 0 Å². The molecule has 0 spiro atoms. The van der Waals surface area contributed by atoms with Gasteiger partial charge in [0.15, 0.2) is 0 Å². The fraction of sp³-hybridized carbons (Fsp3) is 0.750. The molecule has 0 rings (SSSR count). The number of carboxylic acid groups (broad SMARTS) is 1. The van der Waals surface area contributed by atoms with Gasteiger partial charge < -0.3 is 10.2 Å². The quantitative estimate of drug-likeness (QED) is 0.514. The largest absolute Gasteiger partial charge is 0.481 e. The van der Waals surface area contributed by atoms with E-state index in [1.165, 1.54) is 6.92 Å². The van der Waals surface area contributed by atoms with Gasteiger partial charge in [-0.2, -0.15) is 0 Å². The van der Waals surface area contributed by atoms with Gasteiger partial charge in [0.1, 0.15) is 0 Å². The van der Waals surface area contributed by atoms with Crippen molar-refractivity contribution in [1.82, 2.24) is 0 Å². The molecule has 2 atom stereocenters. The van der Waals surface area contributed by atoms with Crippen molar-refractivity contribution in [2.75, 3.05) is 0 Å². The molecule has 0 aromatic heterocycles. The zero-order chi connectivity index (χ0) is 6.73. The number of hydrogen-bond acceptors (Lipinski definition) is 2. The van der Waals surface area contributed by atoms with Crippen molar-refractivity contribution < 1.29 is 16.4 Å². The molecule has 0 bridgehead atoms. The molecule has 0 aliphatic heterocycles. The van der Waals surface area contributed by atoms with Crippen LogP contribution in [0.5, 0.6) is 0 Å². The highest BCUT2D eigenvalue weighted by Crippen LogP contribution is 1.85. The highest BCUT2D eigenvalue weighted by Gasteiger charge is 2.00. The first-order chi connectivity index (χ1) is 3.55. The maximum absolute atomic E-state index is 9.79. The number of aliphatic carboxylic acids is 1. The zero-order valence-corrected chi connectivity index (χ0v) is 3.96. The van der Waals surface area contributed by atoms with Gasteiger partial charge in [-0.1, -0.05) is 0 Å². The number of hydrogen-bond donors (Lipinski definition) is 2. The summed E-state index contributed by atoms with van der Waals surface area (Å²) in [5, 5.41) is 16.4. The summed E-state index contributed by atoms with van der Waals surface area (Å²) in [5.74, 6) is -1.29. The van der Waals surface area contributed by atoms with Gasteiger partial charge in [0.25, 0.3) is 0 Å². The van der Waals surface area contributed by atoms with Gasteiger partial charge in [-0.15, -0.1) is 0 Å². The first-order valence-corrected chi connectivity index (χ1v) is 1.89. The van der Waals surface area contributed by atoms with Crippen molar-refractivity contribution in [2.24, 2.45) is 0 Å². The average molecular weight is 106 g/mol. The summed E-state index contributed by atoms with van der Waals surface area (Å²) in [4.78, 5) is 9.79. The minimum Gasteiger partial charge on any atom is -0.481 e. The van der Waals surface area contributed by atoms with Crippen LogP contribution < -0.4 is 0 Å². The van der Waals surface area contributed by atoms with Crippen molar-refractivity contribution in [3.05, 3.63) is 0 Å². The number of rotatable bonds is 2. The van der Waals surface area contributed by atoms with Crippen molar-refractivity contribution in [1.29, 1.82) is 0 Å². The molecule has 7 heavy (non-hydrogen) atoms. The Hall–Kier alpha value is -0.570. The topological polar surface area (TPSA) is 57.5 Å². The standard InChI is InChI=1S/C4H8O3/c1-3(5)2-4(6)7/h3,5H,2H2,1H3,(H,6,7)/i2T. The lowest BCUT2D eigenvalue weighted by molar-refractivity contribution is -0.138. The summed E-state index contributed by atoms with van der Waals surface area (Å²) >= 11 is 0. The summed E-state index contributed by atoms with van der Waals surface area (Å²) < 4.78 is 6.63. The van der Waals surface area contributed by atoms with Crippen LogP contribution >= 0.6 is 0 Å². The van der Waals surface area contributed by atoms with Crippen LogP contribution in [0.15, 0.2) is 0 Å². The Morgan fingerprint density at radius 2 is 2.57 bits per heavy atom. The highest BCUT2D eigenvalue weighted by atomic mass is 16.4. The lowest BCUT2D eigenvalue weighted by Gasteiger charge is -1.94. The lowest BCUT2D eigenvalue weighted by atomic mass is 10.3. The van der Waals surface area contributed by atoms with Crippen LogP contribution in [0.1, 0.15) is 14.7 Å². The van der Waals surface area contributed by atoms with Crippen LogP contribution in [0, 0.1) is 0 Å². The van der Waals surface area contributed by atoms with E-state index in [0.717, 1.165) is 0 Å².